The molecule has 150 valence electrons. The van der Waals surface area contributed by atoms with E-state index in [4.69, 9.17) is 4.74 Å². The Morgan fingerprint density at radius 2 is 2.19 bits per heavy atom. The second-order valence-corrected chi connectivity index (χ2v) is 8.91. The van der Waals surface area contributed by atoms with E-state index < -0.39 is 0 Å². The van der Waals surface area contributed by atoms with Crippen LogP contribution < -0.4 is 5.32 Å². The van der Waals surface area contributed by atoms with Crippen LogP contribution in [0.3, 0.4) is 0 Å². The van der Waals surface area contributed by atoms with E-state index in [1.807, 2.05) is 22.4 Å². The first-order valence-corrected chi connectivity index (χ1v) is 10.9. The monoisotopic (exact) mass is 393 g/mol. The highest BCUT2D eigenvalue weighted by Crippen LogP contribution is 2.20. The van der Waals surface area contributed by atoms with E-state index in [1.165, 1.54) is 11.3 Å². The van der Waals surface area contributed by atoms with Crippen LogP contribution in [0.15, 0.2) is 17.5 Å². The van der Waals surface area contributed by atoms with Crippen LogP contribution in [0.5, 0.6) is 0 Å². The van der Waals surface area contributed by atoms with Crippen molar-refractivity contribution < 1.29 is 14.3 Å². The van der Waals surface area contributed by atoms with E-state index in [0.29, 0.717) is 19.0 Å². The highest BCUT2D eigenvalue weighted by atomic mass is 32.1. The molecule has 0 spiro atoms. The fourth-order valence-electron chi connectivity index (χ4n) is 3.88. The molecule has 7 heteroatoms. The average molecular weight is 394 g/mol. The molecule has 0 bridgehead atoms. The summed E-state index contributed by atoms with van der Waals surface area (Å²) in [5.41, 5.74) is 0. The lowest BCUT2D eigenvalue weighted by Crippen LogP contribution is -2.50. The number of morpholine rings is 1. The Balaban J connectivity index is 1.45. The number of ether oxygens (including phenoxy) is 1. The smallest absolute Gasteiger partial charge is 0.263 e. The van der Waals surface area contributed by atoms with Crippen LogP contribution in [0.2, 0.25) is 0 Å². The van der Waals surface area contributed by atoms with Crippen LogP contribution in [0.4, 0.5) is 0 Å². The van der Waals surface area contributed by atoms with Gasteiger partial charge in [0.15, 0.2) is 0 Å². The van der Waals surface area contributed by atoms with Crippen LogP contribution in [-0.4, -0.2) is 73.6 Å². The molecule has 2 aliphatic heterocycles. The van der Waals surface area contributed by atoms with Gasteiger partial charge >= 0.3 is 0 Å². The van der Waals surface area contributed by atoms with Gasteiger partial charge < -0.3 is 15.0 Å². The van der Waals surface area contributed by atoms with Crippen molar-refractivity contribution in [2.24, 2.45) is 11.8 Å². The van der Waals surface area contributed by atoms with E-state index >= 15 is 0 Å². The lowest BCUT2D eigenvalue weighted by Gasteiger charge is -2.35. The van der Waals surface area contributed by atoms with Gasteiger partial charge in [0.1, 0.15) is 0 Å². The average Bonchev–Trinajstić information content (AvgIpc) is 3.20. The van der Waals surface area contributed by atoms with Crippen molar-refractivity contribution in [2.45, 2.75) is 32.8 Å². The summed E-state index contributed by atoms with van der Waals surface area (Å²) >= 11 is 1.45. The minimum absolute atomic E-state index is 0.0439. The molecule has 2 unspecified atom stereocenters. The number of carbonyl (C=O) groups excluding carboxylic acids is 2. The Hall–Kier alpha value is -1.44. The van der Waals surface area contributed by atoms with Gasteiger partial charge in [0.2, 0.25) is 5.91 Å². The Bertz CT molecular complexity index is 620. The van der Waals surface area contributed by atoms with Crippen LogP contribution in [-0.2, 0) is 9.53 Å². The van der Waals surface area contributed by atoms with Gasteiger partial charge in [0.05, 0.1) is 23.5 Å². The first-order chi connectivity index (χ1) is 13.0. The van der Waals surface area contributed by atoms with Gasteiger partial charge in [0, 0.05) is 39.3 Å². The minimum Gasteiger partial charge on any atom is -0.374 e. The minimum atomic E-state index is -0.127. The van der Waals surface area contributed by atoms with Gasteiger partial charge in [-0.3, -0.25) is 14.5 Å². The predicted molar refractivity (Wildman–Crippen MR) is 107 cm³/mol. The summed E-state index contributed by atoms with van der Waals surface area (Å²) in [6, 6.07) is 3.73. The second kappa shape index (κ2) is 9.66. The Kier molecular flexibility index (Phi) is 7.26. The Morgan fingerprint density at radius 3 is 2.93 bits per heavy atom. The van der Waals surface area contributed by atoms with E-state index in [-0.39, 0.29) is 23.8 Å². The highest BCUT2D eigenvalue weighted by molar-refractivity contribution is 7.12. The Morgan fingerprint density at radius 1 is 1.33 bits per heavy atom. The molecule has 3 heterocycles. The molecule has 2 fully saturated rings. The van der Waals surface area contributed by atoms with E-state index in [9.17, 15) is 9.59 Å². The first-order valence-electron chi connectivity index (χ1n) is 9.97. The SMILES string of the molecule is CC(C)CN1CCOC(CNC(=O)C2CCCN(C(=O)c3cccs3)C2)C1. The quantitative estimate of drug-likeness (QED) is 0.804. The van der Waals surface area contributed by atoms with Gasteiger partial charge in [-0.25, -0.2) is 0 Å². The number of thiophene rings is 1. The molecular formula is C20H31N3O3S. The molecule has 0 radical (unpaired) electrons. The molecule has 1 aromatic heterocycles. The predicted octanol–water partition coefficient (Wildman–Crippen LogP) is 2.07. The largest absolute Gasteiger partial charge is 0.374 e. The summed E-state index contributed by atoms with van der Waals surface area (Å²) in [5, 5.41) is 4.98. The number of rotatable bonds is 6. The number of piperidine rings is 1. The van der Waals surface area contributed by atoms with Crippen LogP contribution in [0, 0.1) is 11.8 Å². The summed E-state index contributed by atoms with van der Waals surface area (Å²) in [7, 11) is 0. The molecule has 2 saturated heterocycles. The highest BCUT2D eigenvalue weighted by Gasteiger charge is 2.30. The summed E-state index contributed by atoms with van der Waals surface area (Å²) in [4.78, 5) is 30.2. The number of hydrogen-bond acceptors (Lipinski definition) is 5. The van der Waals surface area contributed by atoms with Gasteiger partial charge in [-0.05, 0) is 30.2 Å². The van der Waals surface area contributed by atoms with Crippen molar-refractivity contribution >= 4 is 23.2 Å². The molecule has 0 saturated carbocycles. The maximum Gasteiger partial charge on any atom is 0.263 e. The van der Waals surface area contributed by atoms with Crippen LogP contribution >= 0.6 is 11.3 Å². The normalized spacial score (nSPS) is 24.2. The maximum absolute atomic E-state index is 12.6. The van der Waals surface area contributed by atoms with Gasteiger partial charge in [0.25, 0.3) is 5.91 Å². The third-order valence-electron chi connectivity index (χ3n) is 5.16. The summed E-state index contributed by atoms with van der Waals surface area (Å²) in [6.07, 6.45) is 1.76. The number of likely N-dealkylation sites (tertiary alicyclic amines) is 1. The number of nitrogens with one attached hydrogen (secondary N) is 1. The lowest BCUT2D eigenvalue weighted by molar-refractivity contribution is -0.127. The third kappa shape index (κ3) is 5.77. The molecule has 2 amide bonds. The summed E-state index contributed by atoms with van der Waals surface area (Å²) in [6.45, 7) is 9.84. The van der Waals surface area contributed by atoms with Crippen LogP contribution in [0.25, 0.3) is 0 Å². The van der Waals surface area contributed by atoms with Gasteiger partial charge in [-0.2, -0.15) is 0 Å². The third-order valence-corrected chi connectivity index (χ3v) is 6.02. The zero-order chi connectivity index (χ0) is 19.2. The van der Waals surface area contributed by atoms with Crippen molar-refractivity contribution in [2.75, 3.05) is 45.9 Å². The van der Waals surface area contributed by atoms with Gasteiger partial charge in [-0.15, -0.1) is 11.3 Å². The number of hydrogen-bond donors (Lipinski definition) is 1. The molecular weight excluding hydrogens is 362 g/mol. The Labute approximate surface area is 165 Å². The molecule has 6 nitrogen and oxygen atoms in total. The number of amides is 2. The molecule has 1 aromatic rings. The zero-order valence-corrected chi connectivity index (χ0v) is 17.2. The maximum atomic E-state index is 12.6. The van der Waals surface area contributed by atoms with Gasteiger partial charge in [-0.1, -0.05) is 19.9 Å². The second-order valence-electron chi connectivity index (χ2n) is 7.96. The fraction of sp³-hybridized carbons (Fsp3) is 0.700. The topological polar surface area (TPSA) is 61.9 Å². The molecule has 1 N–H and O–H groups in total. The zero-order valence-electron chi connectivity index (χ0n) is 16.4. The van der Waals surface area contributed by atoms with E-state index in [1.54, 1.807) is 0 Å². The van der Waals surface area contributed by atoms with Crippen LogP contribution in [0.1, 0.15) is 36.4 Å². The fourth-order valence-corrected chi connectivity index (χ4v) is 4.57. The molecule has 27 heavy (non-hydrogen) atoms. The van der Waals surface area contributed by atoms with Crippen molar-refractivity contribution in [1.29, 1.82) is 0 Å². The van der Waals surface area contributed by atoms with Crippen molar-refractivity contribution in [3.63, 3.8) is 0 Å². The molecule has 0 aromatic carbocycles. The molecule has 0 aliphatic carbocycles. The van der Waals surface area contributed by atoms with E-state index in [0.717, 1.165) is 50.5 Å². The number of nitrogens with zero attached hydrogens (tertiary/aromatic N) is 2. The van der Waals surface area contributed by atoms with Crippen molar-refractivity contribution in [3.05, 3.63) is 22.4 Å². The lowest BCUT2D eigenvalue weighted by atomic mass is 9.97. The number of carbonyl (C=O) groups is 2. The molecule has 2 atom stereocenters. The summed E-state index contributed by atoms with van der Waals surface area (Å²) in [5.74, 6) is 0.594. The van der Waals surface area contributed by atoms with Crippen molar-refractivity contribution in [3.8, 4) is 0 Å². The standard InChI is InChI=1S/C20H31N3O3S/c1-15(2)12-22-8-9-26-17(14-22)11-21-19(24)16-5-3-7-23(13-16)20(25)18-6-4-10-27-18/h4,6,10,15-17H,3,5,7-9,11-14H2,1-2H3,(H,21,24). The van der Waals surface area contributed by atoms with Crippen molar-refractivity contribution in [1.82, 2.24) is 15.1 Å². The first kappa shape index (κ1) is 20.3. The molecule has 2 aliphatic rings. The van der Waals surface area contributed by atoms with E-state index in [2.05, 4.69) is 24.1 Å². The summed E-state index contributed by atoms with van der Waals surface area (Å²) < 4.78 is 5.82. The molecule has 3 rings (SSSR count).